The lowest BCUT2D eigenvalue weighted by Crippen LogP contribution is -2.56. The number of benzene rings is 9. The molecule has 9 aromatic rings. The molecule has 9 aromatic carbocycles. The van der Waals surface area contributed by atoms with Crippen molar-refractivity contribution < 1.29 is 5.11 Å². The molecule has 0 amide bonds. The molecule has 0 aromatic heterocycles. The highest BCUT2D eigenvalue weighted by atomic mass is 16.3. The van der Waals surface area contributed by atoms with Crippen LogP contribution in [0.25, 0.3) is 44.2 Å². The van der Waals surface area contributed by atoms with Crippen molar-refractivity contribution in [3.05, 3.63) is 220 Å². The number of fused-ring (bicyclic) bond motifs is 4. The molecule has 0 spiro atoms. The zero-order chi connectivity index (χ0) is 44.4. The van der Waals surface area contributed by atoms with E-state index in [1.807, 2.05) is 6.07 Å². The average molecular weight is 828 g/mol. The predicted molar refractivity (Wildman–Crippen MR) is 275 cm³/mol. The van der Waals surface area contributed by atoms with E-state index < -0.39 is 0 Å². The number of hydrogen-bond acceptors (Lipinski definition) is 2. The fraction of sp³-hybridized carbons (Fsp3) is 0.148. The van der Waals surface area contributed by atoms with Crippen LogP contribution >= 0.6 is 0 Å². The Bertz CT molecular complexity index is 3180. The van der Waals surface area contributed by atoms with Gasteiger partial charge in [0.1, 0.15) is 5.75 Å². The number of hydrogen-bond donors (Lipinski definition) is 1. The summed E-state index contributed by atoms with van der Waals surface area (Å²) in [6, 6.07) is 63.7. The van der Waals surface area contributed by atoms with Crippen LogP contribution in [0.2, 0.25) is 0 Å². The molecule has 1 aliphatic carbocycles. The zero-order valence-corrected chi connectivity index (χ0v) is 38.2. The molecule has 0 heterocycles. The zero-order valence-electron chi connectivity index (χ0n) is 38.2. The van der Waals surface area contributed by atoms with Gasteiger partial charge in [0.05, 0.1) is 5.69 Å². The van der Waals surface area contributed by atoms with E-state index in [1.165, 1.54) is 77.4 Å². The highest BCUT2D eigenvalue weighted by Crippen LogP contribution is 2.51. The number of phenolic OH excluding ortho intramolecular Hbond substituents is 1. The summed E-state index contributed by atoms with van der Waals surface area (Å²) in [5.41, 5.74) is 23.8. The number of aryl methyl sites for hydroxylation is 6. The van der Waals surface area contributed by atoms with Gasteiger partial charge in [0.25, 0.3) is 0 Å². The minimum atomic E-state index is -0.168. The summed E-state index contributed by atoms with van der Waals surface area (Å²) < 4.78 is 0. The highest BCUT2D eigenvalue weighted by molar-refractivity contribution is 6.98. The van der Waals surface area contributed by atoms with E-state index in [2.05, 4.69) is 230 Å². The molecule has 0 unspecified atom stereocenters. The highest BCUT2D eigenvalue weighted by Gasteiger charge is 2.36. The minimum absolute atomic E-state index is 0.0273. The number of nitrogens with zero attached hydrogens (tertiary/aromatic N) is 1. The van der Waals surface area contributed by atoms with Gasteiger partial charge in [0.15, 0.2) is 0 Å². The Kier molecular flexibility index (Phi) is 10.2. The second-order valence-corrected chi connectivity index (χ2v) is 18.6. The third kappa shape index (κ3) is 6.82. The number of phenols is 1. The second kappa shape index (κ2) is 15.9. The molecule has 0 aliphatic heterocycles. The second-order valence-electron chi connectivity index (χ2n) is 18.6. The molecule has 312 valence electrons. The number of anilines is 3. The lowest BCUT2D eigenvalue weighted by Gasteiger charge is -2.30. The smallest absolute Gasteiger partial charge is 0.243 e. The molecule has 0 radical (unpaired) electrons. The first-order chi connectivity index (χ1) is 30.9. The summed E-state index contributed by atoms with van der Waals surface area (Å²) in [5.74, 6) is 0.235. The van der Waals surface area contributed by atoms with Gasteiger partial charge >= 0.3 is 0 Å². The Morgan fingerprint density at radius 1 is 0.422 bits per heavy atom. The van der Waals surface area contributed by atoms with Crippen molar-refractivity contribution in [1.82, 2.24) is 0 Å². The van der Waals surface area contributed by atoms with Crippen LogP contribution in [-0.4, -0.2) is 11.8 Å². The van der Waals surface area contributed by atoms with Crippen LogP contribution in [0.1, 0.15) is 58.4 Å². The lowest BCUT2D eigenvalue weighted by atomic mass is 9.33. The van der Waals surface area contributed by atoms with E-state index in [0.717, 1.165) is 44.7 Å². The summed E-state index contributed by atoms with van der Waals surface area (Å²) in [6.07, 6.45) is 0. The topological polar surface area (TPSA) is 23.5 Å². The van der Waals surface area contributed by atoms with Crippen LogP contribution in [0.3, 0.4) is 0 Å². The summed E-state index contributed by atoms with van der Waals surface area (Å²) in [6.45, 7) is 18.1. The molecule has 64 heavy (non-hydrogen) atoms. The molecule has 0 saturated carbocycles. The molecule has 0 atom stereocenters. The molecule has 0 bridgehead atoms. The largest absolute Gasteiger partial charge is 0.507 e. The standard InChI is InChI=1S/C61H54BNO/c1-38-32-40(3)59(41(4)33-38)62(60-42(5)34-39(2)35-43(60)6)56-31-30-49(48-21-12-13-23-52(48)56)53-29-27-46(37-58(53)64)63(57-25-17-15-20-47(57)44-18-10-9-11-19-44)45-26-28-51-50-22-14-16-24-54(50)61(7,8)55(51)36-45/h9-37,64H,1-8H3. The van der Waals surface area contributed by atoms with Gasteiger partial charge < -0.3 is 10.0 Å². The molecule has 3 heteroatoms. The maximum Gasteiger partial charge on any atom is 0.243 e. The van der Waals surface area contributed by atoms with Crippen LogP contribution in [0.15, 0.2) is 176 Å². The van der Waals surface area contributed by atoms with Gasteiger partial charge in [-0.2, -0.15) is 0 Å². The molecule has 1 N–H and O–H groups in total. The van der Waals surface area contributed by atoms with Crippen LogP contribution in [0.5, 0.6) is 5.75 Å². The van der Waals surface area contributed by atoms with E-state index in [0.29, 0.717) is 0 Å². The van der Waals surface area contributed by atoms with Crippen molar-refractivity contribution in [2.75, 3.05) is 4.90 Å². The van der Waals surface area contributed by atoms with Crippen molar-refractivity contribution in [2.45, 2.75) is 60.8 Å². The van der Waals surface area contributed by atoms with Crippen molar-refractivity contribution in [1.29, 1.82) is 0 Å². The Labute approximate surface area is 379 Å². The SMILES string of the molecule is Cc1cc(C)c(B(c2c(C)cc(C)cc2C)c2ccc(-c3ccc(N(c4ccc5c(c4)C(C)(C)c4ccccc4-5)c4ccccc4-c4ccccc4)cc3O)c3ccccc23)c(C)c1. The Morgan fingerprint density at radius 2 is 0.922 bits per heavy atom. The fourth-order valence-corrected chi connectivity index (χ4v) is 11.2. The third-order valence-corrected chi connectivity index (χ3v) is 13.9. The monoisotopic (exact) mass is 827 g/mol. The number of rotatable bonds is 8. The van der Waals surface area contributed by atoms with E-state index in [1.54, 1.807) is 0 Å². The molecule has 2 nitrogen and oxygen atoms in total. The lowest BCUT2D eigenvalue weighted by molar-refractivity contribution is 0.477. The third-order valence-electron chi connectivity index (χ3n) is 13.9. The first kappa shape index (κ1) is 40.9. The van der Waals surface area contributed by atoms with Gasteiger partial charge in [-0.05, 0) is 116 Å². The van der Waals surface area contributed by atoms with Crippen LogP contribution in [0.4, 0.5) is 17.1 Å². The van der Waals surface area contributed by atoms with Crippen molar-refractivity contribution in [3.63, 3.8) is 0 Å². The van der Waals surface area contributed by atoms with Gasteiger partial charge in [0, 0.05) is 34.0 Å². The van der Waals surface area contributed by atoms with Crippen LogP contribution in [0, 0.1) is 41.5 Å². The van der Waals surface area contributed by atoms with Gasteiger partial charge in [-0.25, -0.2) is 0 Å². The Balaban J connectivity index is 1.14. The maximum atomic E-state index is 12.4. The number of aromatic hydroxyl groups is 1. The first-order valence-electron chi connectivity index (χ1n) is 22.6. The van der Waals surface area contributed by atoms with Crippen LogP contribution in [-0.2, 0) is 5.41 Å². The maximum absolute atomic E-state index is 12.4. The van der Waals surface area contributed by atoms with Crippen molar-refractivity contribution in [3.8, 4) is 39.1 Å². The number of para-hydroxylation sites is 1. The van der Waals surface area contributed by atoms with Crippen LogP contribution < -0.4 is 21.3 Å². The van der Waals surface area contributed by atoms with Gasteiger partial charge in [-0.1, -0.05) is 203 Å². The van der Waals surface area contributed by atoms with Gasteiger partial charge in [0.2, 0.25) is 6.71 Å². The van der Waals surface area contributed by atoms with E-state index in [4.69, 9.17) is 0 Å². The van der Waals surface area contributed by atoms with E-state index >= 15 is 0 Å². The molecule has 0 saturated heterocycles. The summed E-state index contributed by atoms with van der Waals surface area (Å²) in [7, 11) is 0. The average Bonchev–Trinajstić information content (AvgIpc) is 3.51. The van der Waals surface area contributed by atoms with E-state index in [-0.39, 0.29) is 17.9 Å². The quantitative estimate of drug-likeness (QED) is 0.154. The Morgan fingerprint density at radius 3 is 1.56 bits per heavy atom. The van der Waals surface area contributed by atoms with E-state index in [9.17, 15) is 5.11 Å². The van der Waals surface area contributed by atoms with Crippen molar-refractivity contribution >= 4 is 50.9 Å². The Hall–Kier alpha value is -7.10. The molecular weight excluding hydrogens is 773 g/mol. The first-order valence-corrected chi connectivity index (χ1v) is 22.6. The summed E-state index contributed by atoms with van der Waals surface area (Å²) in [4.78, 5) is 2.31. The molecule has 10 rings (SSSR count). The summed E-state index contributed by atoms with van der Waals surface area (Å²) in [5, 5.41) is 14.7. The normalized spacial score (nSPS) is 12.6. The predicted octanol–water partition coefficient (Wildman–Crippen LogP) is 14.0. The fourth-order valence-electron chi connectivity index (χ4n) is 11.2. The minimum Gasteiger partial charge on any atom is -0.507 e. The van der Waals surface area contributed by atoms with Crippen molar-refractivity contribution in [2.24, 2.45) is 0 Å². The molecular formula is C61H54BNO. The summed E-state index contributed by atoms with van der Waals surface area (Å²) >= 11 is 0. The molecule has 1 aliphatic rings. The van der Waals surface area contributed by atoms with Gasteiger partial charge in [-0.3, -0.25) is 0 Å². The van der Waals surface area contributed by atoms with Gasteiger partial charge in [-0.15, -0.1) is 0 Å². The molecule has 0 fully saturated rings.